The summed E-state index contributed by atoms with van der Waals surface area (Å²) >= 11 is 0. The average Bonchev–Trinajstić information content (AvgIpc) is 2.16. The minimum absolute atomic E-state index is 0.0667. The van der Waals surface area contributed by atoms with Gasteiger partial charge in [-0.1, -0.05) is 20.8 Å². The second-order valence-electron chi connectivity index (χ2n) is 4.09. The Kier molecular flexibility index (Phi) is 2.18. The molecule has 0 amide bonds. The van der Waals surface area contributed by atoms with Gasteiger partial charge in [-0.2, -0.15) is 0 Å². The highest BCUT2D eigenvalue weighted by atomic mass is 16.6. The standard InChI is InChI=1S/C7H14N2O3/c1-6(2,3)7(10)8(11)4-5-9(7)12/h10H,4-5H2,1-3H3/q-2. The van der Waals surface area contributed by atoms with E-state index >= 15 is 0 Å². The Labute approximate surface area is 71.7 Å². The summed E-state index contributed by atoms with van der Waals surface area (Å²) in [5.41, 5.74) is -0.757. The van der Waals surface area contributed by atoms with Gasteiger partial charge in [0.1, 0.15) is 0 Å². The van der Waals surface area contributed by atoms with Crippen molar-refractivity contribution in [1.82, 2.24) is 10.1 Å². The summed E-state index contributed by atoms with van der Waals surface area (Å²) in [4.78, 5) is 0. The van der Waals surface area contributed by atoms with E-state index in [4.69, 9.17) is 0 Å². The molecule has 1 aliphatic heterocycles. The fourth-order valence-corrected chi connectivity index (χ4v) is 1.37. The third-order valence-corrected chi connectivity index (χ3v) is 2.21. The van der Waals surface area contributed by atoms with Crippen LogP contribution in [0.25, 0.3) is 0 Å². The summed E-state index contributed by atoms with van der Waals surface area (Å²) in [6, 6.07) is 0. The summed E-state index contributed by atoms with van der Waals surface area (Å²) in [6.45, 7) is 5.12. The second-order valence-corrected chi connectivity index (χ2v) is 4.09. The van der Waals surface area contributed by atoms with Crippen LogP contribution in [0.15, 0.2) is 0 Å². The normalized spacial score (nSPS) is 26.5. The van der Waals surface area contributed by atoms with Gasteiger partial charge in [-0.25, -0.2) is 0 Å². The van der Waals surface area contributed by atoms with E-state index in [0.717, 1.165) is 0 Å². The molecule has 1 fully saturated rings. The third-order valence-electron chi connectivity index (χ3n) is 2.21. The topological polar surface area (TPSA) is 72.8 Å². The van der Waals surface area contributed by atoms with Crippen molar-refractivity contribution >= 4 is 0 Å². The lowest BCUT2D eigenvalue weighted by Gasteiger charge is -2.54. The summed E-state index contributed by atoms with van der Waals surface area (Å²) in [6.07, 6.45) is 0. The lowest BCUT2D eigenvalue weighted by Crippen LogP contribution is -2.58. The van der Waals surface area contributed by atoms with Gasteiger partial charge in [0.2, 0.25) is 0 Å². The van der Waals surface area contributed by atoms with Crippen molar-refractivity contribution in [2.45, 2.75) is 26.6 Å². The predicted molar refractivity (Wildman–Crippen MR) is 44.6 cm³/mol. The van der Waals surface area contributed by atoms with Crippen molar-refractivity contribution in [2.24, 2.45) is 5.41 Å². The summed E-state index contributed by atoms with van der Waals surface area (Å²) in [7, 11) is 0. The Hall–Kier alpha value is -0.200. The molecule has 0 unspecified atom stereocenters. The van der Waals surface area contributed by atoms with Crippen LogP contribution in [-0.2, 0) is 0 Å². The molecule has 12 heavy (non-hydrogen) atoms. The fourth-order valence-electron chi connectivity index (χ4n) is 1.37. The molecule has 0 aromatic heterocycles. The van der Waals surface area contributed by atoms with E-state index in [0.29, 0.717) is 10.1 Å². The summed E-state index contributed by atoms with van der Waals surface area (Å²) in [5.74, 6) is -1.90. The Balaban J connectivity index is 2.94. The molecule has 1 saturated heterocycles. The van der Waals surface area contributed by atoms with Gasteiger partial charge in [0.15, 0.2) is 5.85 Å². The molecule has 0 saturated carbocycles. The Bertz CT molecular complexity index is 168. The molecule has 1 rings (SSSR count). The van der Waals surface area contributed by atoms with Crippen LogP contribution in [-0.4, -0.2) is 34.2 Å². The number of hydroxylamine groups is 4. The van der Waals surface area contributed by atoms with Gasteiger partial charge in [-0.15, -0.1) is 0 Å². The molecule has 0 aromatic carbocycles. The van der Waals surface area contributed by atoms with Crippen LogP contribution in [0.1, 0.15) is 20.8 Å². The van der Waals surface area contributed by atoms with E-state index in [1.807, 2.05) is 0 Å². The number of rotatable bonds is 0. The minimum Gasteiger partial charge on any atom is -0.782 e. The maximum absolute atomic E-state index is 11.2. The Morgan fingerprint density at radius 3 is 1.67 bits per heavy atom. The quantitative estimate of drug-likeness (QED) is 0.571. The molecule has 72 valence electrons. The monoisotopic (exact) mass is 174 g/mol. The van der Waals surface area contributed by atoms with E-state index in [2.05, 4.69) is 0 Å². The number of aliphatic hydroxyl groups is 1. The SMILES string of the molecule is CC(C)(C)C1(O)N([O-])CCN1[O-]. The molecule has 5 heteroatoms. The number of hydrogen-bond acceptors (Lipinski definition) is 5. The zero-order chi connectivity index (χ0) is 9.57. The summed E-state index contributed by atoms with van der Waals surface area (Å²) in [5, 5.41) is 33.0. The van der Waals surface area contributed by atoms with Crippen LogP contribution in [0, 0.1) is 15.8 Å². The first-order chi connectivity index (χ1) is 5.30. The van der Waals surface area contributed by atoms with E-state index in [-0.39, 0.29) is 13.1 Å². The van der Waals surface area contributed by atoms with Crippen molar-refractivity contribution < 1.29 is 5.11 Å². The van der Waals surface area contributed by atoms with Crippen LogP contribution in [0.2, 0.25) is 0 Å². The van der Waals surface area contributed by atoms with Crippen LogP contribution in [0.3, 0.4) is 0 Å². The molecule has 0 radical (unpaired) electrons. The molecule has 5 nitrogen and oxygen atoms in total. The largest absolute Gasteiger partial charge is 0.782 e. The predicted octanol–water partition coefficient (Wildman–Crippen LogP) is 0.292. The first-order valence-electron chi connectivity index (χ1n) is 3.92. The maximum Gasteiger partial charge on any atom is 0.159 e. The van der Waals surface area contributed by atoms with Gasteiger partial charge in [-0.3, -0.25) is 0 Å². The minimum atomic E-state index is -1.90. The van der Waals surface area contributed by atoms with Crippen LogP contribution < -0.4 is 0 Å². The molecule has 0 aliphatic carbocycles. The third kappa shape index (κ3) is 1.14. The highest BCUT2D eigenvalue weighted by Gasteiger charge is 2.45. The molecule has 0 spiro atoms. The zero-order valence-electron chi connectivity index (χ0n) is 7.57. The first-order valence-corrected chi connectivity index (χ1v) is 3.92. The number of nitrogens with zero attached hydrogens (tertiary/aromatic N) is 2. The second kappa shape index (κ2) is 2.65. The van der Waals surface area contributed by atoms with Crippen molar-refractivity contribution in [3.63, 3.8) is 0 Å². The van der Waals surface area contributed by atoms with E-state index in [9.17, 15) is 15.5 Å². The molecule has 0 aromatic rings. The zero-order valence-corrected chi connectivity index (χ0v) is 7.57. The Morgan fingerprint density at radius 1 is 1.17 bits per heavy atom. The molecule has 1 aliphatic rings. The highest BCUT2D eigenvalue weighted by molar-refractivity contribution is 4.96. The molecule has 1 heterocycles. The molecular weight excluding hydrogens is 160 g/mol. The molecule has 1 N–H and O–H groups in total. The van der Waals surface area contributed by atoms with E-state index < -0.39 is 11.3 Å². The summed E-state index contributed by atoms with van der Waals surface area (Å²) < 4.78 is 0. The Morgan fingerprint density at radius 2 is 1.50 bits per heavy atom. The van der Waals surface area contributed by atoms with Crippen molar-refractivity contribution in [3.05, 3.63) is 10.4 Å². The van der Waals surface area contributed by atoms with E-state index in [1.54, 1.807) is 20.8 Å². The van der Waals surface area contributed by atoms with Gasteiger partial charge in [0.25, 0.3) is 0 Å². The van der Waals surface area contributed by atoms with Crippen molar-refractivity contribution in [2.75, 3.05) is 13.1 Å². The van der Waals surface area contributed by atoms with Crippen LogP contribution in [0.4, 0.5) is 0 Å². The van der Waals surface area contributed by atoms with Gasteiger partial charge >= 0.3 is 0 Å². The highest BCUT2D eigenvalue weighted by Crippen LogP contribution is 2.38. The number of hydrogen-bond donors (Lipinski definition) is 1. The van der Waals surface area contributed by atoms with Gasteiger partial charge in [0, 0.05) is 18.5 Å². The van der Waals surface area contributed by atoms with Crippen molar-refractivity contribution in [1.29, 1.82) is 0 Å². The van der Waals surface area contributed by atoms with Gasteiger partial charge in [-0.05, 0) is 0 Å². The average molecular weight is 174 g/mol. The molecular formula is C7H14N2O3-2. The van der Waals surface area contributed by atoms with Gasteiger partial charge in [0.05, 0.1) is 0 Å². The lowest BCUT2D eigenvalue weighted by molar-refractivity contribution is -0.207. The maximum atomic E-state index is 11.2. The fraction of sp³-hybridized carbons (Fsp3) is 1.00. The van der Waals surface area contributed by atoms with E-state index in [1.165, 1.54) is 0 Å². The van der Waals surface area contributed by atoms with Crippen LogP contribution in [0.5, 0.6) is 0 Å². The molecule has 0 atom stereocenters. The smallest absolute Gasteiger partial charge is 0.159 e. The van der Waals surface area contributed by atoms with Gasteiger partial charge < -0.3 is 25.6 Å². The lowest BCUT2D eigenvalue weighted by atomic mass is 9.89. The van der Waals surface area contributed by atoms with Crippen molar-refractivity contribution in [3.8, 4) is 0 Å². The van der Waals surface area contributed by atoms with Crippen LogP contribution >= 0.6 is 0 Å². The first kappa shape index (κ1) is 9.88. The molecule has 0 bridgehead atoms.